The maximum absolute atomic E-state index is 11.6. The molecule has 1 unspecified atom stereocenters. The first-order valence-corrected chi connectivity index (χ1v) is 4.42. The molecule has 1 aromatic rings. The summed E-state index contributed by atoms with van der Waals surface area (Å²) >= 11 is 0. The lowest BCUT2D eigenvalue weighted by atomic mass is 10.2. The fourth-order valence-corrected chi connectivity index (χ4v) is 1.58. The molecule has 1 aromatic heterocycles. The van der Waals surface area contributed by atoms with E-state index < -0.39 is 0 Å². The van der Waals surface area contributed by atoms with Crippen molar-refractivity contribution in [2.75, 3.05) is 13.1 Å². The molecular formula is C8H14N4O. The van der Waals surface area contributed by atoms with Gasteiger partial charge in [0.2, 0.25) is 5.82 Å². The normalized spacial score (nSPS) is 22.2. The van der Waals surface area contributed by atoms with Crippen LogP contribution in [0.1, 0.15) is 25.4 Å². The number of nitrogens with one attached hydrogen (secondary N) is 1. The topological polar surface area (TPSA) is 61.9 Å². The van der Waals surface area contributed by atoms with E-state index in [1.807, 2.05) is 4.90 Å². The molecule has 1 aliphatic heterocycles. The molecule has 2 rings (SSSR count). The molecule has 1 aliphatic rings. The molecule has 0 radical (unpaired) electrons. The lowest BCUT2D eigenvalue weighted by Gasteiger charge is -2.13. The Hall–Kier alpha value is -1.39. The van der Waals surface area contributed by atoms with Crippen LogP contribution >= 0.6 is 0 Å². The van der Waals surface area contributed by atoms with Gasteiger partial charge in [0.25, 0.3) is 5.91 Å². The van der Waals surface area contributed by atoms with E-state index in [9.17, 15) is 4.79 Å². The van der Waals surface area contributed by atoms with E-state index in [1.165, 1.54) is 6.33 Å². The van der Waals surface area contributed by atoms with Gasteiger partial charge in [-0.05, 0) is 12.3 Å². The Balaban J connectivity index is 0.000000980. The van der Waals surface area contributed by atoms with Gasteiger partial charge in [-0.1, -0.05) is 6.92 Å². The maximum Gasteiger partial charge on any atom is 0.291 e. The van der Waals surface area contributed by atoms with E-state index in [0.717, 1.165) is 19.5 Å². The molecule has 0 aromatic carbocycles. The van der Waals surface area contributed by atoms with E-state index in [1.54, 1.807) is 0 Å². The van der Waals surface area contributed by atoms with Gasteiger partial charge in [0.1, 0.15) is 6.33 Å². The Labute approximate surface area is 77.6 Å². The number of H-pyrrole nitrogens is 1. The zero-order valence-electron chi connectivity index (χ0n) is 7.53. The second-order valence-electron chi connectivity index (χ2n) is 3.48. The van der Waals surface area contributed by atoms with Crippen molar-refractivity contribution >= 4 is 5.91 Å². The molecule has 1 N–H and O–H groups in total. The smallest absolute Gasteiger partial charge is 0.291 e. The van der Waals surface area contributed by atoms with Gasteiger partial charge in [0, 0.05) is 14.5 Å². The number of nitrogens with zero attached hydrogens (tertiary/aromatic N) is 3. The van der Waals surface area contributed by atoms with Crippen LogP contribution in [0.3, 0.4) is 0 Å². The third kappa shape index (κ3) is 1.54. The van der Waals surface area contributed by atoms with E-state index in [4.69, 9.17) is 0 Å². The molecule has 1 saturated heterocycles. The van der Waals surface area contributed by atoms with Crippen molar-refractivity contribution in [1.29, 1.82) is 0 Å². The van der Waals surface area contributed by atoms with Crippen LogP contribution in [0, 0.1) is 5.92 Å². The first-order valence-electron chi connectivity index (χ1n) is 4.42. The fraction of sp³-hybridized carbons (Fsp3) is 0.625. The second kappa shape index (κ2) is 3.16. The van der Waals surface area contributed by atoms with Crippen LogP contribution in [0.5, 0.6) is 0 Å². The summed E-state index contributed by atoms with van der Waals surface area (Å²) in [6.45, 7) is 3.81. The van der Waals surface area contributed by atoms with Crippen LogP contribution in [0.4, 0.5) is 0 Å². The monoisotopic (exact) mass is 182 g/mol. The number of rotatable bonds is 1. The summed E-state index contributed by atoms with van der Waals surface area (Å²) in [5.41, 5.74) is 0. The molecule has 5 heteroatoms. The van der Waals surface area contributed by atoms with E-state index in [2.05, 4.69) is 22.1 Å². The highest BCUT2D eigenvalue weighted by atomic mass is 16.2. The summed E-state index contributed by atoms with van der Waals surface area (Å²) < 4.78 is 0. The van der Waals surface area contributed by atoms with Crippen LogP contribution in [-0.4, -0.2) is 39.1 Å². The molecule has 0 saturated carbocycles. The summed E-state index contributed by atoms with van der Waals surface area (Å²) in [4.78, 5) is 17.3. The van der Waals surface area contributed by atoms with Crippen LogP contribution in [0.2, 0.25) is 0 Å². The lowest BCUT2D eigenvalue weighted by Crippen LogP contribution is -2.29. The highest BCUT2D eigenvalue weighted by Gasteiger charge is 2.25. The van der Waals surface area contributed by atoms with Gasteiger partial charge in [0.05, 0.1) is 0 Å². The largest absolute Gasteiger partial charge is 0.336 e. The van der Waals surface area contributed by atoms with Crippen LogP contribution in [0.25, 0.3) is 0 Å². The third-order valence-corrected chi connectivity index (χ3v) is 2.33. The van der Waals surface area contributed by atoms with Crippen molar-refractivity contribution < 1.29 is 6.22 Å². The van der Waals surface area contributed by atoms with Crippen molar-refractivity contribution in [3.05, 3.63) is 12.2 Å². The minimum Gasteiger partial charge on any atom is -0.336 e. The van der Waals surface area contributed by atoms with Crippen molar-refractivity contribution in [3.63, 3.8) is 0 Å². The third-order valence-electron chi connectivity index (χ3n) is 2.33. The van der Waals surface area contributed by atoms with Gasteiger partial charge < -0.3 is 4.90 Å². The van der Waals surface area contributed by atoms with Gasteiger partial charge in [-0.15, -0.1) is 0 Å². The van der Waals surface area contributed by atoms with Crippen LogP contribution < -0.4 is 0 Å². The lowest BCUT2D eigenvalue weighted by molar-refractivity contribution is 0.0776. The highest BCUT2D eigenvalue weighted by Crippen LogP contribution is 2.16. The van der Waals surface area contributed by atoms with Crippen molar-refractivity contribution in [1.82, 2.24) is 20.1 Å². The summed E-state index contributed by atoms with van der Waals surface area (Å²) in [7, 11) is 0. The molecule has 0 bridgehead atoms. The number of carbonyl (C=O) groups excluding carboxylic acids is 1. The molecule has 0 spiro atoms. The first kappa shape index (κ1) is 8.22. The molecule has 1 fully saturated rings. The number of likely N-dealkylation sites (tertiary alicyclic amines) is 1. The minimum atomic E-state index is -0.0400. The summed E-state index contributed by atoms with van der Waals surface area (Å²) in [6, 6.07) is 0. The fourth-order valence-electron chi connectivity index (χ4n) is 1.58. The van der Waals surface area contributed by atoms with Crippen molar-refractivity contribution in [3.8, 4) is 0 Å². The molecule has 5 nitrogen and oxygen atoms in total. The van der Waals surface area contributed by atoms with Gasteiger partial charge >= 0.3 is 0 Å². The van der Waals surface area contributed by atoms with Gasteiger partial charge in [-0.2, -0.15) is 5.10 Å². The average Bonchev–Trinajstić information content (AvgIpc) is 2.72. The van der Waals surface area contributed by atoms with Crippen LogP contribution in [-0.2, 0) is 0 Å². The molecule has 72 valence electrons. The standard InChI is InChI=1S/C8H12N4O.H2/c1-6-2-3-12(4-6)8(13)7-9-5-10-11-7;/h5-6H,2-4H2,1H3,(H,9,10,11);1H. The Bertz CT molecular complexity index is 300. The molecule has 1 atom stereocenters. The van der Waals surface area contributed by atoms with E-state index >= 15 is 0 Å². The molecular weight excluding hydrogens is 168 g/mol. The second-order valence-corrected chi connectivity index (χ2v) is 3.48. The number of aromatic nitrogens is 3. The highest BCUT2D eigenvalue weighted by molar-refractivity contribution is 5.90. The molecule has 0 aliphatic carbocycles. The number of amides is 1. The zero-order chi connectivity index (χ0) is 9.26. The predicted octanol–water partition coefficient (Wildman–Crippen LogP) is 0.533. The van der Waals surface area contributed by atoms with Crippen LogP contribution in [0.15, 0.2) is 6.33 Å². The Morgan fingerprint density at radius 2 is 2.69 bits per heavy atom. The first-order chi connectivity index (χ1) is 6.27. The number of aromatic amines is 1. The summed E-state index contributed by atoms with van der Waals surface area (Å²) in [5, 5.41) is 6.23. The minimum absolute atomic E-state index is 0. The van der Waals surface area contributed by atoms with Crippen molar-refractivity contribution in [2.24, 2.45) is 5.92 Å². The van der Waals surface area contributed by atoms with E-state index in [-0.39, 0.29) is 7.33 Å². The Morgan fingerprint density at radius 1 is 1.85 bits per heavy atom. The van der Waals surface area contributed by atoms with Crippen molar-refractivity contribution in [2.45, 2.75) is 13.3 Å². The van der Waals surface area contributed by atoms with Gasteiger partial charge in [-0.3, -0.25) is 9.89 Å². The Kier molecular flexibility index (Phi) is 2.00. The SMILES string of the molecule is CC1CCN(C(=O)c2ncn[nH]2)C1.[HH]. The predicted molar refractivity (Wildman–Crippen MR) is 48.2 cm³/mol. The van der Waals surface area contributed by atoms with Gasteiger partial charge in [0.15, 0.2) is 0 Å². The zero-order valence-corrected chi connectivity index (χ0v) is 7.53. The summed E-state index contributed by atoms with van der Waals surface area (Å²) in [6.07, 6.45) is 2.44. The number of hydrogen-bond acceptors (Lipinski definition) is 3. The van der Waals surface area contributed by atoms with E-state index in [0.29, 0.717) is 11.7 Å². The van der Waals surface area contributed by atoms with Gasteiger partial charge in [-0.25, -0.2) is 4.98 Å². The average molecular weight is 182 g/mol. The maximum atomic E-state index is 11.6. The summed E-state index contributed by atoms with van der Waals surface area (Å²) in [5.74, 6) is 0.905. The number of hydrogen-bond donors (Lipinski definition) is 1. The molecule has 13 heavy (non-hydrogen) atoms. The Morgan fingerprint density at radius 3 is 3.23 bits per heavy atom. The quantitative estimate of drug-likeness (QED) is 0.689. The molecule has 1 amide bonds. The molecule has 2 heterocycles. The number of carbonyl (C=O) groups is 1.